The maximum atomic E-state index is 14.3. The summed E-state index contributed by atoms with van der Waals surface area (Å²) in [7, 11) is 0. The van der Waals surface area contributed by atoms with E-state index in [1.165, 1.54) is 12.1 Å². The topological polar surface area (TPSA) is 81.2 Å². The van der Waals surface area contributed by atoms with Crippen molar-refractivity contribution in [1.29, 1.82) is 0 Å². The zero-order valence-corrected chi connectivity index (χ0v) is 17.0. The van der Waals surface area contributed by atoms with Crippen LogP contribution in [0.25, 0.3) is 10.9 Å². The Balaban J connectivity index is 1.64. The van der Waals surface area contributed by atoms with Crippen LogP contribution in [-0.4, -0.2) is 39.6 Å². The van der Waals surface area contributed by atoms with Crippen LogP contribution in [0.2, 0.25) is 10.0 Å². The van der Waals surface area contributed by atoms with Gasteiger partial charge in [-0.15, -0.1) is 0 Å². The smallest absolute Gasteiger partial charge is 0.254 e. The molecule has 1 aliphatic heterocycles. The van der Waals surface area contributed by atoms with Gasteiger partial charge in [-0.2, -0.15) is 5.10 Å². The van der Waals surface area contributed by atoms with Gasteiger partial charge >= 0.3 is 0 Å². The van der Waals surface area contributed by atoms with Crippen LogP contribution < -0.4 is 5.73 Å². The molecule has 6 nitrogen and oxygen atoms in total. The Bertz CT molecular complexity index is 1140. The Morgan fingerprint density at radius 1 is 1.17 bits per heavy atom. The van der Waals surface area contributed by atoms with E-state index in [-0.39, 0.29) is 17.5 Å². The number of nitrogens with zero attached hydrogens (tertiary/aromatic N) is 3. The van der Waals surface area contributed by atoms with Crippen molar-refractivity contribution < 1.29 is 14.0 Å². The van der Waals surface area contributed by atoms with Gasteiger partial charge in [-0.1, -0.05) is 23.2 Å². The fourth-order valence-electron chi connectivity index (χ4n) is 3.76. The summed E-state index contributed by atoms with van der Waals surface area (Å²) in [6.45, 7) is 2.72. The highest BCUT2D eigenvalue weighted by atomic mass is 35.5. The standard InChI is InChI=1S/C20H17Cl2FN4O2/c1-10-15-7-16(19(24)28)17(23)8-18(15)27(25-10)14-2-3-26(9-14)20(29)11-4-12(21)6-13(22)5-11/h4-8,14H,2-3,9H2,1H3,(H2,24,28). The number of nitrogens with two attached hydrogens (primary N) is 1. The van der Waals surface area contributed by atoms with Crippen molar-refractivity contribution in [2.45, 2.75) is 19.4 Å². The van der Waals surface area contributed by atoms with Crippen LogP contribution in [0.3, 0.4) is 0 Å². The molecule has 29 heavy (non-hydrogen) atoms. The van der Waals surface area contributed by atoms with E-state index in [2.05, 4.69) is 5.10 Å². The molecule has 0 radical (unpaired) electrons. The molecule has 0 bridgehead atoms. The van der Waals surface area contributed by atoms with E-state index in [1.807, 2.05) is 0 Å². The quantitative estimate of drug-likeness (QED) is 0.676. The van der Waals surface area contributed by atoms with Gasteiger partial charge in [-0.25, -0.2) is 4.39 Å². The Kier molecular flexibility index (Phi) is 4.96. The fourth-order valence-corrected chi connectivity index (χ4v) is 4.29. The number of fused-ring (bicyclic) bond motifs is 1. The van der Waals surface area contributed by atoms with E-state index in [9.17, 15) is 14.0 Å². The number of aryl methyl sites for hydroxylation is 1. The molecule has 2 N–H and O–H groups in total. The first-order valence-electron chi connectivity index (χ1n) is 8.98. The highest BCUT2D eigenvalue weighted by Gasteiger charge is 2.30. The maximum Gasteiger partial charge on any atom is 0.254 e. The third-order valence-corrected chi connectivity index (χ3v) is 5.59. The number of primary amides is 1. The SMILES string of the molecule is Cc1nn(C2CCN(C(=O)c3cc(Cl)cc(Cl)c3)C2)c2cc(F)c(C(N)=O)cc12. The monoisotopic (exact) mass is 434 g/mol. The number of carbonyl (C=O) groups is 2. The van der Waals surface area contributed by atoms with Crippen molar-refractivity contribution in [1.82, 2.24) is 14.7 Å². The minimum atomic E-state index is -0.825. The van der Waals surface area contributed by atoms with E-state index >= 15 is 0 Å². The minimum Gasteiger partial charge on any atom is -0.366 e. The zero-order chi connectivity index (χ0) is 20.9. The van der Waals surface area contributed by atoms with E-state index in [1.54, 1.807) is 34.7 Å². The average molecular weight is 435 g/mol. The molecule has 1 saturated heterocycles. The third-order valence-electron chi connectivity index (χ3n) is 5.15. The van der Waals surface area contributed by atoms with Crippen LogP contribution in [0.15, 0.2) is 30.3 Å². The van der Waals surface area contributed by atoms with Gasteiger partial charge < -0.3 is 10.6 Å². The van der Waals surface area contributed by atoms with E-state index in [0.29, 0.717) is 51.7 Å². The summed E-state index contributed by atoms with van der Waals surface area (Å²) in [5, 5.41) is 5.97. The molecule has 1 fully saturated rings. The van der Waals surface area contributed by atoms with Crippen LogP contribution in [0.4, 0.5) is 4.39 Å². The van der Waals surface area contributed by atoms with Gasteiger partial charge in [0.2, 0.25) is 0 Å². The van der Waals surface area contributed by atoms with Gasteiger partial charge in [-0.3, -0.25) is 14.3 Å². The molecule has 3 aromatic rings. The molecule has 4 rings (SSSR count). The second-order valence-corrected chi connectivity index (χ2v) is 7.97. The fraction of sp³-hybridized carbons (Fsp3) is 0.250. The number of hydrogen-bond acceptors (Lipinski definition) is 3. The summed E-state index contributed by atoms with van der Waals surface area (Å²) in [6.07, 6.45) is 0.662. The molecule has 0 aliphatic carbocycles. The summed E-state index contributed by atoms with van der Waals surface area (Å²) in [5.41, 5.74) is 6.72. The van der Waals surface area contributed by atoms with Gasteiger partial charge in [-0.05, 0) is 37.6 Å². The molecule has 1 unspecified atom stereocenters. The van der Waals surface area contributed by atoms with Crippen LogP contribution in [0.1, 0.15) is 38.9 Å². The first-order valence-corrected chi connectivity index (χ1v) is 9.73. The number of amides is 2. The average Bonchev–Trinajstić information content (AvgIpc) is 3.24. The molecule has 1 atom stereocenters. The Morgan fingerprint density at radius 3 is 2.52 bits per heavy atom. The Morgan fingerprint density at radius 2 is 1.86 bits per heavy atom. The van der Waals surface area contributed by atoms with Gasteiger partial charge in [0, 0.05) is 40.2 Å². The first kappa shape index (κ1) is 19.7. The summed E-state index contributed by atoms with van der Waals surface area (Å²) < 4.78 is 16.0. The largest absolute Gasteiger partial charge is 0.366 e. The molecule has 2 heterocycles. The molecule has 9 heteroatoms. The second kappa shape index (κ2) is 7.31. The Hall–Kier alpha value is -2.64. The lowest BCUT2D eigenvalue weighted by Crippen LogP contribution is -2.29. The van der Waals surface area contributed by atoms with Crippen LogP contribution in [0, 0.1) is 12.7 Å². The van der Waals surface area contributed by atoms with Crippen molar-refractivity contribution >= 4 is 45.9 Å². The molecule has 2 aromatic carbocycles. The normalized spacial score (nSPS) is 16.6. The van der Waals surface area contributed by atoms with Crippen molar-refractivity contribution in [2.24, 2.45) is 5.73 Å². The first-order chi connectivity index (χ1) is 13.7. The zero-order valence-electron chi connectivity index (χ0n) is 15.5. The highest BCUT2D eigenvalue weighted by molar-refractivity contribution is 6.35. The lowest BCUT2D eigenvalue weighted by Gasteiger charge is -2.17. The number of aromatic nitrogens is 2. The number of halogens is 3. The predicted octanol–water partition coefficient (Wildman–Crippen LogP) is 3.98. The third kappa shape index (κ3) is 3.56. The number of rotatable bonds is 3. The molecule has 1 aliphatic rings. The van der Waals surface area contributed by atoms with Gasteiger partial charge in [0.25, 0.3) is 11.8 Å². The van der Waals surface area contributed by atoms with Crippen molar-refractivity contribution in [3.05, 3.63) is 63.0 Å². The number of hydrogen-bond donors (Lipinski definition) is 1. The second-order valence-electron chi connectivity index (χ2n) is 7.10. The summed E-state index contributed by atoms with van der Waals surface area (Å²) in [6, 6.07) is 7.31. The lowest BCUT2D eigenvalue weighted by molar-refractivity contribution is 0.0787. The van der Waals surface area contributed by atoms with Gasteiger partial charge in [0.05, 0.1) is 22.8 Å². The number of benzene rings is 2. The number of likely N-dealkylation sites (tertiary alicyclic amines) is 1. The van der Waals surface area contributed by atoms with E-state index < -0.39 is 11.7 Å². The molecule has 150 valence electrons. The van der Waals surface area contributed by atoms with Crippen molar-refractivity contribution in [3.8, 4) is 0 Å². The molecular weight excluding hydrogens is 418 g/mol. The van der Waals surface area contributed by atoms with Crippen LogP contribution in [0.5, 0.6) is 0 Å². The highest BCUT2D eigenvalue weighted by Crippen LogP contribution is 2.30. The van der Waals surface area contributed by atoms with Gasteiger partial charge in [0.1, 0.15) is 5.82 Å². The van der Waals surface area contributed by atoms with Crippen LogP contribution in [-0.2, 0) is 0 Å². The van der Waals surface area contributed by atoms with E-state index in [0.717, 1.165) is 0 Å². The van der Waals surface area contributed by atoms with Crippen LogP contribution >= 0.6 is 23.2 Å². The van der Waals surface area contributed by atoms with Gasteiger partial charge in [0.15, 0.2) is 0 Å². The maximum absolute atomic E-state index is 14.3. The Labute approximate surface area is 176 Å². The molecule has 2 amide bonds. The van der Waals surface area contributed by atoms with Crippen molar-refractivity contribution in [2.75, 3.05) is 13.1 Å². The molecular formula is C20H17Cl2FN4O2. The summed E-state index contributed by atoms with van der Waals surface area (Å²) in [4.78, 5) is 26.0. The predicted molar refractivity (Wildman–Crippen MR) is 109 cm³/mol. The number of carbonyl (C=O) groups excluding carboxylic acids is 2. The molecule has 0 spiro atoms. The summed E-state index contributed by atoms with van der Waals surface area (Å²) >= 11 is 12.0. The van der Waals surface area contributed by atoms with E-state index in [4.69, 9.17) is 28.9 Å². The molecule has 0 saturated carbocycles. The summed E-state index contributed by atoms with van der Waals surface area (Å²) in [5.74, 6) is -1.69. The lowest BCUT2D eigenvalue weighted by atomic mass is 10.1. The minimum absolute atomic E-state index is 0.122. The molecule has 1 aromatic heterocycles. The van der Waals surface area contributed by atoms with Crippen molar-refractivity contribution in [3.63, 3.8) is 0 Å².